The number of hydrogen-bond donors (Lipinski definition) is 1. The van der Waals surface area contributed by atoms with Gasteiger partial charge in [-0.15, -0.1) is 11.3 Å². The lowest BCUT2D eigenvalue weighted by molar-refractivity contribution is 0.0483. The summed E-state index contributed by atoms with van der Waals surface area (Å²) in [5, 5.41) is 3.79. The van der Waals surface area contributed by atoms with Crippen LogP contribution in [0.15, 0.2) is 10.5 Å². The second kappa shape index (κ2) is 5.84. The Balaban J connectivity index is 1.56. The zero-order valence-corrected chi connectivity index (χ0v) is 14.2. The molecular formula is C15H23BrN2S. The summed E-state index contributed by atoms with van der Waals surface area (Å²) in [6.45, 7) is 3.21. The standard InChI is InChI=1S/C15H23BrN2S/c1-10-15(16)8-14(19-10)9-17-11-6-12-4-3-5-13(7-11)18(12)2/h8,11-13,17H,3-7,9H2,1-2H3. The van der Waals surface area contributed by atoms with Crippen molar-refractivity contribution in [3.63, 3.8) is 0 Å². The van der Waals surface area contributed by atoms with Gasteiger partial charge in [-0.2, -0.15) is 0 Å². The normalized spacial score (nSPS) is 31.6. The van der Waals surface area contributed by atoms with Crippen molar-refractivity contribution >= 4 is 27.3 Å². The van der Waals surface area contributed by atoms with E-state index in [4.69, 9.17) is 0 Å². The molecule has 1 aromatic rings. The fraction of sp³-hybridized carbons (Fsp3) is 0.733. The van der Waals surface area contributed by atoms with Gasteiger partial charge in [0.1, 0.15) is 0 Å². The average Bonchev–Trinajstić information content (AvgIpc) is 2.67. The van der Waals surface area contributed by atoms with E-state index in [2.05, 4.69) is 46.2 Å². The quantitative estimate of drug-likeness (QED) is 0.895. The van der Waals surface area contributed by atoms with E-state index in [-0.39, 0.29) is 0 Å². The summed E-state index contributed by atoms with van der Waals surface area (Å²) in [7, 11) is 2.32. The Morgan fingerprint density at radius 3 is 2.63 bits per heavy atom. The van der Waals surface area contributed by atoms with Gasteiger partial charge in [0.2, 0.25) is 0 Å². The predicted octanol–water partition coefficient (Wildman–Crippen LogP) is 3.92. The van der Waals surface area contributed by atoms with Crippen LogP contribution in [0, 0.1) is 6.92 Å². The van der Waals surface area contributed by atoms with Gasteiger partial charge in [-0.1, -0.05) is 6.42 Å². The van der Waals surface area contributed by atoms with Crippen LogP contribution in [0.3, 0.4) is 0 Å². The zero-order valence-electron chi connectivity index (χ0n) is 11.8. The smallest absolute Gasteiger partial charge is 0.0314 e. The molecule has 2 aliphatic rings. The number of halogens is 1. The Morgan fingerprint density at radius 1 is 1.37 bits per heavy atom. The molecule has 1 aromatic heterocycles. The highest BCUT2D eigenvalue weighted by atomic mass is 79.9. The largest absolute Gasteiger partial charge is 0.309 e. The van der Waals surface area contributed by atoms with Crippen LogP contribution in [-0.2, 0) is 6.54 Å². The van der Waals surface area contributed by atoms with Gasteiger partial charge >= 0.3 is 0 Å². The first kappa shape index (κ1) is 14.1. The maximum atomic E-state index is 3.79. The maximum absolute atomic E-state index is 3.79. The van der Waals surface area contributed by atoms with E-state index in [1.54, 1.807) is 0 Å². The van der Waals surface area contributed by atoms with Crippen molar-refractivity contribution in [1.82, 2.24) is 10.2 Å². The Labute approximate surface area is 128 Å². The number of rotatable bonds is 3. The van der Waals surface area contributed by atoms with Crippen molar-refractivity contribution in [2.45, 2.75) is 63.7 Å². The fourth-order valence-corrected chi connectivity index (χ4v) is 5.19. The highest BCUT2D eigenvalue weighted by Crippen LogP contribution is 2.33. The lowest BCUT2D eigenvalue weighted by Crippen LogP contribution is -2.54. The zero-order chi connectivity index (χ0) is 13.4. The van der Waals surface area contributed by atoms with E-state index in [1.165, 1.54) is 46.3 Å². The molecule has 0 saturated carbocycles. The van der Waals surface area contributed by atoms with E-state index >= 15 is 0 Å². The minimum absolute atomic E-state index is 0.715. The Kier molecular flexibility index (Phi) is 4.32. The van der Waals surface area contributed by atoms with Crippen LogP contribution < -0.4 is 5.32 Å². The fourth-order valence-electron chi connectivity index (χ4n) is 3.63. The number of piperidine rings is 2. The van der Waals surface area contributed by atoms with Gasteiger partial charge in [0.05, 0.1) is 0 Å². The second-order valence-electron chi connectivity index (χ2n) is 6.07. The topological polar surface area (TPSA) is 15.3 Å². The molecule has 2 saturated heterocycles. The lowest BCUT2D eigenvalue weighted by atomic mass is 9.82. The highest BCUT2D eigenvalue weighted by molar-refractivity contribution is 9.10. The first-order valence-corrected chi connectivity index (χ1v) is 8.94. The monoisotopic (exact) mass is 342 g/mol. The van der Waals surface area contributed by atoms with E-state index in [9.17, 15) is 0 Å². The molecule has 2 nitrogen and oxygen atoms in total. The molecule has 3 heterocycles. The molecule has 2 aliphatic heterocycles. The van der Waals surface area contributed by atoms with Crippen LogP contribution in [0.5, 0.6) is 0 Å². The third kappa shape index (κ3) is 3.07. The Morgan fingerprint density at radius 2 is 2.05 bits per heavy atom. The Bertz CT molecular complexity index is 412. The van der Waals surface area contributed by atoms with Crippen molar-refractivity contribution in [2.75, 3.05) is 7.05 Å². The third-order valence-corrected chi connectivity index (χ3v) is 6.95. The van der Waals surface area contributed by atoms with Crippen molar-refractivity contribution in [3.05, 3.63) is 20.3 Å². The molecule has 2 bridgehead atoms. The maximum Gasteiger partial charge on any atom is 0.0314 e. The summed E-state index contributed by atoms with van der Waals surface area (Å²) in [6, 6.07) is 4.62. The molecule has 2 unspecified atom stereocenters. The van der Waals surface area contributed by atoms with Crippen LogP contribution in [0.1, 0.15) is 41.9 Å². The first-order chi connectivity index (χ1) is 9.13. The molecule has 0 amide bonds. The number of hydrogen-bond acceptors (Lipinski definition) is 3. The van der Waals surface area contributed by atoms with Crippen LogP contribution in [0.4, 0.5) is 0 Å². The van der Waals surface area contributed by atoms with Crippen LogP contribution in [-0.4, -0.2) is 30.1 Å². The van der Waals surface area contributed by atoms with Crippen molar-refractivity contribution < 1.29 is 0 Å². The van der Waals surface area contributed by atoms with Crippen molar-refractivity contribution in [3.8, 4) is 0 Å². The summed E-state index contributed by atoms with van der Waals surface area (Å²) in [5.41, 5.74) is 0. The Hall–Kier alpha value is 0.100. The predicted molar refractivity (Wildman–Crippen MR) is 85.8 cm³/mol. The lowest BCUT2D eigenvalue weighted by Gasteiger charge is -2.47. The van der Waals surface area contributed by atoms with Gasteiger partial charge < -0.3 is 10.2 Å². The molecule has 19 heavy (non-hydrogen) atoms. The molecule has 3 rings (SSSR count). The van der Waals surface area contributed by atoms with Gasteiger partial charge in [-0.05, 0) is 61.7 Å². The van der Waals surface area contributed by atoms with E-state index in [1.807, 2.05) is 11.3 Å². The molecule has 1 N–H and O–H groups in total. The number of thiophene rings is 1. The average molecular weight is 343 g/mol. The second-order valence-corrected chi connectivity index (χ2v) is 8.27. The van der Waals surface area contributed by atoms with Gasteiger partial charge in [-0.25, -0.2) is 0 Å². The summed E-state index contributed by atoms with van der Waals surface area (Å²) < 4.78 is 1.26. The molecule has 0 spiro atoms. The van der Waals surface area contributed by atoms with Gasteiger partial charge in [0, 0.05) is 38.9 Å². The minimum atomic E-state index is 0.715. The SMILES string of the molecule is Cc1sc(CNC2CC3CCCC(C2)N3C)cc1Br. The molecule has 2 atom stereocenters. The van der Waals surface area contributed by atoms with Crippen molar-refractivity contribution in [2.24, 2.45) is 0 Å². The first-order valence-electron chi connectivity index (χ1n) is 7.33. The van der Waals surface area contributed by atoms with Gasteiger partial charge in [-0.3, -0.25) is 0 Å². The van der Waals surface area contributed by atoms with E-state index < -0.39 is 0 Å². The minimum Gasteiger partial charge on any atom is -0.309 e. The summed E-state index contributed by atoms with van der Waals surface area (Å²) in [5.74, 6) is 0. The molecule has 4 heteroatoms. The molecule has 0 aromatic carbocycles. The van der Waals surface area contributed by atoms with E-state index in [0.29, 0.717) is 6.04 Å². The number of nitrogens with one attached hydrogen (secondary N) is 1. The summed E-state index contributed by atoms with van der Waals surface area (Å²) in [4.78, 5) is 5.47. The van der Waals surface area contributed by atoms with Crippen LogP contribution >= 0.6 is 27.3 Å². The number of aryl methyl sites for hydroxylation is 1. The highest BCUT2D eigenvalue weighted by Gasteiger charge is 2.35. The van der Waals surface area contributed by atoms with Crippen molar-refractivity contribution in [1.29, 1.82) is 0 Å². The van der Waals surface area contributed by atoms with Crippen LogP contribution in [0.2, 0.25) is 0 Å². The van der Waals surface area contributed by atoms with Gasteiger partial charge in [0.15, 0.2) is 0 Å². The molecular weight excluding hydrogens is 320 g/mol. The number of nitrogens with zero attached hydrogens (tertiary/aromatic N) is 1. The molecule has 2 fully saturated rings. The molecule has 0 radical (unpaired) electrons. The third-order valence-electron chi connectivity index (χ3n) is 4.81. The summed E-state index contributed by atoms with van der Waals surface area (Å²) >= 11 is 5.51. The summed E-state index contributed by atoms with van der Waals surface area (Å²) in [6.07, 6.45) is 6.89. The van der Waals surface area contributed by atoms with E-state index in [0.717, 1.165) is 18.6 Å². The van der Waals surface area contributed by atoms with Gasteiger partial charge in [0.25, 0.3) is 0 Å². The molecule has 106 valence electrons. The number of fused-ring (bicyclic) bond motifs is 2. The molecule has 0 aliphatic carbocycles. The van der Waals surface area contributed by atoms with Crippen LogP contribution in [0.25, 0.3) is 0 Å².